The number of halogens is 3. The normalized spacial score (nSPS) is 13.0. The van der Waals surface area contributed by atoms with Crippen LogP contribution in [0.25, 0.3) is 0 Å². The summed E-state index contributed by atoms with van der Waals surface area (Å²) in [5.74, 6) is -1.26. The molecule has 1 aromatic rings. The van der Waals surface area contributed by atoms with Gasteiger partial charge in [-0.15, -0.1) is 0 Å². The molecule has 0 heterocycles. The van der Waals surface area contributed by atoms with Crippen molar-refractivity contribution >= 4 is 11.6 Å². The zero-order valence-corrected chi connectivity index (χ0v) is 7.78. The van der Waals surface area contributed by atoms with Crippen molar-refractivity contribution in [2.75, 3.05) is 0 Å². The summed E-state index contributed by atoms with van der Waals surface area (Å²) in [6.45, 7) is 1.49. The van der Waals surface area contributed by atoms with Crippen LogP contribution in [0, 0.1) is 11.6 Å². The van der Waals surface area contributed by atoms with Crippen molar-refractivity contribution < 1.29 is 13.9 Å². The molecule has 0 bridgehead atoms. The molecule has 13 heavy (non-hydrogen) atoms. The van der Waals surface area contributed by atoms with E-state index >= 15 is 0 Å². The second kappa shape index (κ2) is 4.03. The molecule has 1 rings (SSSR count). The molecule has 0 aliphatic heterocycles. The molecule has 1 unspecified atom stereocenters. The van der Waals surface area contributed by atoms with Crippen molar-refractivity contribution in [3.63, 3.8) is 0 Å². The molecular formula is C9H9ClF2O. The van der Waals surface area contributed by atoms with Crippen molar-refractivity contribution in [3.05, 3.63) is 34.4 Å². The molecule has 0 saturated heterocycles. The maximum absolute atomic E-state index is 13.0. The van der Waals surface area contributed by atoms with Gasteiger partial charge in [-0.3, -0.25) is 0 Å². The summed E-state index contributed by atoms with van der Waals surface area (Å²) in [4.78, 5) is 0. The van der Waals surface area contributed by atoms with E-state index in [0.717, 1.165) is 12.1 Å². The van der Waals surface area contributed by atoms with Crippen LogP contribution in [0.5, 0.6) is 0 Å². The van der Waals surface area contributed by atoms with Gasteiger partial charge in [-0.25, -0.2) is 8.78 Å². The van der Waals surface area contributed by atoms with Gasteiger partial charge in [0.2, 0.25) is 0 Å². The summed E-state index contributed by atoms with van der Waals surface area (Å²) in [7, 11) is 0. The number of aliphatic hydroxyl groups excluding tert-OH is 1. The average molecular weight is 207 g/mol. The van der Waals surface area contributed by atoms with E-state index in [1.807, 2.05) is 0 Å². The van der Waals surface area contributed by atoms with Gasteiger partial charge in [-0.2, -0.15) is 0 Å². The third kappa shape index (κ3) is 2.39. The lowest BCUT2D eigenvalue weighted by molar-refractivity contribution is 0.194. The highest BCUT2D eigenvalue weighted by Crippen LogP contribution is 2.23. The lowest BCUT2D eigenvalue weighted by Crippen LogP contribution is -2.07. The molecule has 0 amide bonds. The van der Waals surface area contributed by atoms with Crippen molar-refractivity contribution in [2.45, 2.75) is 19.4 Å². The molecule has 0 aliphatic rings. The molecule has 1 atom stereocenters. The Labute approximate surface area is 80.0 Å². The first-order valence-electron chi connectivity index (χ1n) is 3.82. The molecule has 0 aromatic heterocycles. The van der Waals surface area contributed by atoms with E-state index in [1.165, 1.54) is 6.92 Å². The van der Waals surface area contributed by atoms with Gasteiger partial charge >= 0.3 is 0 Å². The van der Waals surface area contributed by atoms with Crippen LogP contribution < -0.4 is 0 Å². The number of hydrogen-bond acceptors (Lipinski definition) is 1. The molecule has 1 aromatic carbocycles. The number of hydrogen-bond donors (Lipinski definition) is 1. The standard InChI is InChI=1S/C9H9ClF2O/c1-5(13)4-6-7(11)2-3-8(12)9(6)10/h2-3,5,13H,4H2,1H3. The summed E-state index contributed by atoms with van der Waals surface area (Å²) >= 11 is 5.52. The van der Waals surface area contributed by atoms with Gasteiger partial charge < -0.3 is 5.11 Å². The molecule has 0 fully saturated rings. The van der Waals surface area contributed by atoms with E-state index in [9.17, 15) is 8.78 Å². The smallest absolute Gasteiger partial charge is 0.142 e. The summed E-state index contributed by atoms with van der Waals surface area (Å²) in [6.07, 6.45) is -0.726. The molecule has 72 valence electrons. The van der Waals surface area contributed by atoms with E-state index in [2.05, 4.69) is 0 Å². The minimum atomic E-state index is -0.742. The van der Waals surface area contributed by atoms with Gasteiger partial charge in [0.25, 0.3) is 0 Å². The van der Waals surface area contributed by atoms with Crippen molar-refractivity contribution in [1.82, 2.24) is 0 Å². The maximum Gasteiger partial charge on any atom is 0.142 e. The lowest BCUT2D eigenvalue weighted by atomic mass is 10.1. The molecular weight excluding hydrogens is 198 g/mol. The van der Waals surface area contributed by atoms with Crippen LogP contribution in [0.1, 0.15) is 12.5 Å². The predicted molar refractivity (Wildman–Crippen MR) is 46.8 cm³/mol. The highest BCUT2D eigenvalue weighted by atomic mass is 35.5. The van der Waals surface area contributed by atoms with Gasteiger partial charge in [0.05, 0.1) is 11.1 Å². The monoisotopic (exact) mass is 206 g/mol. The minimum Gasteiger partial charge on any atom is -0.393 e. The van der Waals surface area contributed by atoms with Crippen molar-refractivity contribution in [2.24, 2.45) is 0 Å². The fraction of sp³-hybridized carbons (Fsp3) is 0.333. The van der Waals surface area contributed by atoms with Crippen LogP contribution >= 0.6 is 11.6 Å². The first kappa shape index (κ1) is 10.4. The zero-order chi connectivity index (χ0) is 10.0. The van der Waals surface area contributed by atoms with E-state index in [-0.39, 0.29) is 17.0 Å². The number of rotatable bonds is 2. The minimum absolute atomic E-state index is 0.0163. The Balaban J connectivity index is 3.10. The summed E-state index contributed by atoms with van der Waals surface area (Å²) in [5.41, 5.74) is 0.0247. The lowest BCUT2D eigenvalue weighted by Gasteiger charge is -2.08. The van der Waals surface area contributed by atoms with Crippen LogP contribution in [0.3, 0.4) is 0 Å². The maximum atomic E-state index is 13.0. The second-order valence-electron chi connectivity index (χ2n) is 2.87. The third-order valence-electron chi connectivity index (χ3n) is 1.64. The molecule has 1 N–H and O–H groups in total. The fourth-order valence-electron chi connectivity index (χ4n) is 1.05. The Kier molecular flexibility index (Phi) is 3.22. The molecule has 0 radical (unpaired) electrons. The van der Waals surface area contributed by atoms with Gasteiger partial charge in [0, 0.05) is 12.0 Å². The zero-order valence-electron chi connectivity index (χ0n) is 7.02. The molecule has 1 nitrogen and oxygen atoms in total. The average Bonchev–Trinajstić information content (AvgIpc) is 2.05. The van der Waals surface area contributed by atoms with Crippen molar-refractivity contribution in [3.8, 4) is 0 Å². The molecule has 0 saturated carbocycles. The molecule has 0 spiro atoms. The molecule has 4 heteroatoms. The first-order valence-corrected chi connectivity index (χ1v) is 4.20. The Morgan fingerprint density at radius 2 is 1.92 bits per heavy atom. The van der Waals surface area contributed by atoms with E-state index in [1.54, 1.807) is 0 Å². The van der Waals surface area contributed by atoms with Gasteiger partial charge in [0.1, 0.15) is 11.6 Å². The summed E-state index contributed by atoms with van der Waals surface area (Å²) < 4.78 is 25.9. The van der Waals surface area contributed by atoms with Crippen LogP contribution in [0.15, 0.2) is 12.1 Å². The fourth-order valence-corrected chi connectivity index (χ4v) is 1.28. The van der Waals surface area contributed by atoms with Crippen molar-refractivity contribution in [1.29, 1.82) is 0 Å². The van der Waals surface area contributed by atoms with Crippen LogP contribution in [0.4, 0.5) is 8.78 Å². The Morgan fingerprint density at radius 1 is 1.38 bits per heavy atom. The Morgan fingerprint density at radius 3 is 2.46 bits per heavy atom. The largest absolute Gasteiger partial charge is 0.393 e. The number of aliphatic hydroxyl groups is 1. The predicted octanol–water partition coefficient (Wildman–Crippen LogP) is 2.54. The highest BCUT2D eigenvalue weighted by Gasteiger charge is 2.13. The molecule has 0 aliphatic carbocycles. The highest BCUT2D eigenvalue weighted by molar-refractivity contribution is 6.31. The van der Waals surface area contributed by atoms with Crippen LogP contribution in [0.2, 0.25) is 5.02 Å². The quantitative estimate of drug-likeness (QED) is 0.738. The summed E-state index contributed by atoms with van der Waals surface area (Å²) in [6, 6.07) is 1.96. The summed E-state index contributed by atoms with van der Waals surface area (Å²) in [5, 5.41) is 8.75. The SMILES string of the molecule is CC(O)Cc1c(F)ccc(F)c1Cl. The van der Waals surface area contributed by atoms with Crippen LogP contribution in [-0.4, -0.2) is 11.2 Å². The second-order valence-corrected chi connectivity index (χ2v) is 3.25. The third-order valence-corrected chi connectivity index (χ3v) is 2.05. The first-order chi connectivity index (χ1) is 6.02. The Hall–Kier alpha value is -0.670. The van der Waals surface area contributed by atoms with Gasteiger partial charge in [-0.05, 0) is 19.1 Å². The Bertz CT molecular complexity index is 313. The van der Waals surface area contributed by atoms with Crippen LogP contribution in [-0.2, 0) is 6.42 Å². The van der Waals surface area contributed by atoms with E-state index < -0.39 is 17.7 Å². The van der Waals surface area contributed by atoms with Gasteiger partial charge in [-0.1, -0.05) is 11.6 Å². The van der Waals surface area contributed by atoms with E-state index in [4.69, 9.17) is 16.7 Å². The van der Waals surface area contributed by atoms with Gasteiger partial charge in [0.15, 0.2) is 0 Å². The number of benzene rings is 1. The van der Waals surface area contributed by atoms with E-state index in [0.29, 0.717) is 0 Å². The topological polar surface area (TPSA) is 20.2 Å².